The van der Waals surface area contributed by atoms with Crippen molar-refractivity contribution >= 4 is 11.8 Å². The van der Waals surface area contributed by atoms with Crippen molar-refractivity contribution in [2.75, 3.05) is 26.0 Å². The summed E-state index contributed by atoms with van der Waals surface area (Å²) >= 11 is 2.03. The first-order valence-electron chi connectivity index (χ1n) is 5.74. The van der Waals surface area contributed by atoms with Gasteiger partial charge in [-0.2, -0.15) is 11.8 Å². The molecule has 0 aromatic heterocycles. The minimum Gasteiger partial charge on any atom is -0.381 e. The molecule has 1 aliphatic heterocycles. The summed E-state index contributed by atoms with van der Waals surface area (Å²) < 4.78 is 5.38. The monoisotopic (exact) mass is 215 g/mol. The zero-order valence-electron chi connectivity index (χ0n) is 9.00. The molecule has 0 bridgehead atoms. The summed E-state index contributed by atoms with van der Waals surface area (Å²) in [5.74, 6) is 0.776. The molecule has 1 aliphatic carbocycles. The van der Waals surface area contributed by atoms with Crippen LogP contribution in [0.1, 0.15) is 25.7 Å². The Morgan fingerprint density at radius 2 is 2.29 bits per heavy atom. The first kappa shape index (κ1) is 10.8. The van der Waals surface area contributed by atoms with Crippen LogP contribution in [0.25, 0.3) is 0 Å². The van der Waals surface area contributed by atoms with Crippen molar-refractivity contribution in [3.05, 3.63) is 0 Å². The second kappa shape index (κ2) is 5.38. The molecule has 14 heavy (non-hydrogen) atoms. The summed E-state index contributed by atoms with van der Waals surface area (Å²) in [4.78, 5) is 0. The topological polar surface area (TPSA) is 21.3 Å². The van der Waals surface area contributed by atoms with Crippen LogP contribution in [0, 0.1) is 5.92 Å². The van der Waals surface area contributed by atoms with Crippen LogP contribution in [0.4, 0.5) is 0 Å². The van der Waals surface area contributed by atoms with Crippen molar-refractivity contribution in [1.82, 2.24) is 5.32 Å². The van der Waals surface area contributed by atoms with Gasteiger partial charge >= 0.3 is 0 Å². The van der Waals surface area contributed by atoms with E-state index in [4.69, 9.17) is 4.74 Å². The Hall–Kier alpha value is 0.270. The SMILES string of the molecule is CSC1CCCC1NCC1CCOC1. The fourth-order valence-corrected chi connectivity index (χ4v) is 3.47. The van der Waals surface area contributed by atoms with Gasteiger partial charge in [0.05, 0.1) is 6.61 Å². The van der Waals surface area contributed by atoms with Gasteiger partial charge in [0.1, 0.15) is 0 Å². The van der Waals surface area contributed by atoms with Crippen molar-refractivity contribution in [1.29, 1.82) is 0 Å². The molecule has 3 heteroatoms. The smallest absolute Gasteiger partial charge is 0.0507 e. The Kier molecular flexibility index (Phi) is 4.14. The number of hydrogen-bond donors (Lipinski definition) is 1. The van der Waals surface area contributed by atoms with Crippen LogP contribution in [0.15, 0.2) is 0 Å². The molecule has 0 radical (unpaired) electrons. The fourth-order valence-electron chi connectivity index (χ4n) is 2.50. The molecular formula is C11H21NOS. The van der Waals surface area contributed by atoms with Crippen LogP contribution in [-0.2, 0) is 4.74 Å². The van der Waals surface area contributed by atoms with E-state index in [1.54, 1.807) is 0 Å². The van der Waals surface area contributed by atoms with Gasteiger partial charge in [-0.25, -0.2) is 0 Å². The van der Waals surface area contributed by atoms with Gasteiger partial charge in [0, 0.05) is 24.4 Å². The average molecular weight is 215 g/mol. The van der Waals surface area contributed by atoms with Crippen LogP contribution in [0.5, 0.6) is 0 Å². The van der Waals surface area contributed by atoms with Crippen LogP contribution >= 0.6 is 11.8 Å². The Bertz CT molecular complexity index is 171. The largest absolute Gasteiger partial charge is 0.381 e. The van der Waals surface area contributed by atoms with E-state index in [0.29, 0.717) is 0 Å². The lowest BCUT2D eigenvalue weighted by atomic mass is 10.1. The van der Waals surface area contributed by atoms with Crippen LogP contribution < -0.4 is 5.32 Å². The molecule has 1 heterocycles. The first-order valence-corrected chi connectivity index (χ1v) is 7.03. The first-order chi connectivity index (χ1) is 6.90. The second-order valence-electron chi connectivity index (χ2n) is 4.45. The van der Waals surface area contributed by atoms with Gasteiger partial charge in [-0.3, -0.25) is 0 Å². The highest BCUT2D eigenvalue weighted by Gasteiger charge is 2.27. The molecule has 2 rings (SSSR count). The van der Waals surface area contributed by atoms with Crippen LogP contribution in [-0.4, -0.2) is 37.3 Å². The van der Waals surface area contributed by atoms with Gasteiger partial charge in [0.15, 0.2) is 0 Å². The Morgan fingerprint density at radius 1 is 1.36 bits per heavy atom. The molecule has 1 saturated heterocycles. The normalized spacial score (nSPS) is 37.9. The summed E-state index contributed by atoms with van der Waals surface area (Å²) in [7, 11) is 0. The molecule has 2 aliphatic rings. The highest BCUT2D eigenvalue weighted by Crippen LogP contribution is 2.28. The van der Waals surface area contributed by atoms with E-state index in [2.05, 4.69) is 11.6 Å². The standard InChI is InChI=1S/C11H21NOS/c1-14-11-4-2-3-10(11)12-7-9-5-6-13-8-9/h9-12H,2-8H2,1H3. The number of ether oxygens (including phenoxy) is 1. The molecule has 0 aromatic carbocycles. The minimum atomic E-state index is 0.769. The predicted molar refractivity (Wildman–Crippen MR) is 61.9 cm³/mol. The maximum absolute atomic E-state index is 5.38. The van der Waals surface area contributed by atoms with E-state index in [-0.39, 0.29) is 0 Å². The zero-order valence-corrected chi connectivity index (χ0v) is 9.81. The molecule has 2 nitrogen and oxygen atoms in total. The number of rotatable bonds is 4. The maximum Gasteiger partial charge on any atom is 0.0507 e. The van der Waals surface area contributed by atoms with E-state index in [1.807, 2.05) is 11.8 Å². The fraction of sp³-hybridized carbons (Fsp3) is 1.00. The van der Waals surface area contributed by atoms with E-state index >= 15 is 0 Å². The quantitative estimate of drug-likeness (QED) is 0.774. The third-order valence-corrected chi connectivity index (χ3v) is 4.62. The highest BCUT2D eigenvalue weighted by molar-refractivity contribution is 7.99. The molecule has 1 N–H and O–H groups in total. The molecule has 1 saturated carbocycles. The molecule has 2 fully saturated rings. The van der Waals surface area contributed by atoms with Gasteiger partial charge < -0.3 is 10.1 Å². The number of hydrogen-bond acceptors (Lipinski definition) is 3. The van der Waals surface area contributed by atoms with Crippen molar-refractivity contribution < 1.29 is 4.74 Å². The van der Waals surface area contributed by atoms with E-state index in [1.165, 1.54) is 32.2 Å². The lowest BCUT2D eigenvalue weighted by molar-refractivity contribution is 0.184. The third kappa shape index (κ3) is 2.65. The summed E-state index contributed by atoms with van der Waals surface area (Å²) in [6, 6.07) is 0.769. The Morgan fingerprint density at radius 3 is 3.00 bits per heavy atom. The van der Waals surface area contributed by atoms with Crippen molar-refractivity contribution in [3.63, 3.8) is 0 Å². The molecule has 3 unspecified atom stereocenters. The van der Waals surface area contributed by atoms with Crippen molar-refractivity contribution in [3.8, 4) is 0 Å². The van der Waals surface area contributed by atoms with Gasteiger partial charge in [0.25, 0.3) is 0 Å². The average Bonchev–Trinajstić information content (AvgIpc) is 2.85. The Labute approximate surface area is 91.2 Å². The number of nitrogens with one attached hydrogen (secondary N) is 1. The molecule has 0 aromatic rings. The summed E-state index contributed by atoms with van der Waals surface area (Å²) in [5.41, 5.74) is 0. The maximum atomic E-state index is 5.38. The number of thioether (sulfide) groups is 1. The third-order valence-electron chi connectivity index (χ3n) is 3.45. The lowest BCUT2D eigenvalue weighted by Crippen LogP contribution is -2.37. The molecular weight excluding hydrogens is 194 g/mol. The van der Waals surface area contributed by atoms with E-state index in [9.17, 15) is 0 Å². The lowest BCUT2D eigenvalue weighted by Gasteiger charge is -2.20. The second-order valence-corrected chi connectivity index (χ2v) is 5.53. The molecule has 0 amide bonds. The van der Waals surface area contributed by atoms with Gasteiger partial charge in [-0.1, -0.05) is 6.42 Å². The van der Waals surface area contributed by atoms with E-state index < -0.39 is 0 Å². The minimum absolute atomic E-state index is 0.769. The summed E-state index contributed by atoms with van der Waals surface area (Å²) in [6.07, 6.45) is 7.68. The van der Waals surface area contributed by atoms with Crippen LogP contribution in [0.3, 0.4) is 0 Å². The van der Waals surface area contributed by atoms with Gasteiger partial charge in [-0.05, 0) is 31.4 Å². The Balaban J connectivity index is 1.68. The van der Waals surface area contributed by atoms with E-state index in [0.717, 1.165) is 30.4 Å². The van der Waals surface area contributed by atoms with Crippen molar-refractivity contribution in [2.45, 2.75) is 37.0 Å². The van der Waals surface area contributed by atoms with Gasteiger partial charge in [0.2, 0.25) is 0 Å². The molecule has 0 spiro atoms. The molecule has 3 atom stereocenters. The van der Waals surface area contributed by atoms with Crippen molar-refractivity contribution in [2.24, 2.45) is 5.92 Å². The van der Waals surface area contributed by atoms with Crippen LogP contribution in [0.2, 0.25) is 0 Å². The molecule has 82 valence electrons. The predicted octanol–water partition coefficient (Wildman–Crippen LogP) is 1.90. The zero-order chi connectivity index (χ0) is 9.80. The summed E-state index contributed by atoms with van der Waals surface area (Å²) in [5, 5.41) is 4.58. The van der Waals surface area contributed by atoms with Gasteiger partial charge in [-0.15, -0.1) is 0 Å². The highest BCUT2D eigenvalue weighted by atomic mass is 32.2. The summed E-state index contributed by atoms with van der Waals surface area (Å²) in [6.45, 7) is 3.12.